The van der Waals surface area contributed by atoms with Gasteiger partial charge in [-0.25, -0.2) is 8.42 Å². The highest BCUT2D eigenvalue weighted by atomic mass is 32.2. The number of sulfone groups is 1. The molecule has 0 saturated carbocycles. The average Bonchev–Trinajstić information content (AvgIpc) is 2.16. The molecule has 1 N–H and O–H groups in total. The summed E-state index contributed by atoms with van der Waals surface area (Å²) in [4.78, 5) is 0. The van der Waals surface area contributed by atoms with Crippen LogP contribution in [0.1, 0.15) is 26.7 Å². The summed E-state index contributed by atoms with van der Waals surface area (Å²) in [5.41, 5.74) is 1.29. The summed E-state index contributed by atoms with van der Waals surface area (Å²) in [6, 6.07) is 0. The summed E-state index contributed by atoms with van der Waals surface area (Å²) in [5.74, 6) is 0.208. The van der Waals surface area contributed by atoms with Crippen LogP contribution in [0.15, 0.2) is 11.6 Å². The van der Waals surface area contributed by atoms with Crippen molar-refractivity contribution in [2.24, 2.45) is 0 Å². The van der Waals surface area contributed by atoms with E-state index in [1.165, 1.54) is 5.57 Å². The van der Waals surface area contributed by atoms with Crippen molar-refractivity contribution in [1.82, 2.24) is 5.32 Å². The minimum atomic E-state index is -2.89. The summed E-state index contributed by atoms with van der Waals surface area (Å²) >= 11 is 0. The second-order valence-corrected chi connectivity index (χ2v) is 6.59. The highest BCUT2D eigenvalue weighted by Gasteiger charge is 2.14. The standard InChI is InChI=1S/C10H19NO2S/c1-9(2)14(12,13)8-5-10-3-6-11-7-4-10/h5,9,11H,3-4,6-8H2,1-2H3. The van der Waals surface area contributed by atoms with Gasteiger partial charge in [-0.3, -0.25) is 0 Å². The van der Waals surface area contributed by atoms with Gasteiger partial charge >= 0.3 is 0 Å². The van der Waals surface area contributed by atoms with Crippen LogP contribution in [0, 0.1) is 0 Å². The van der Waals surface area contributed by atoms with Crippen molar-refractivity contribution >= 4 is 9.84 Å². The Hall–Kier alpha value is -0.350. The molecule has 4 heteroatoms. The van der Waals surface area contributed by atoms with Gasteiger partial charge in [-0.05, 0) is 39.8 Å². The lowest BCUT2D eigenvalue weighted by Crippen LogP contribution is -2.24. The SMILES string of the molecule is CC(C)S(=O)(=O)CC=C1CCNCC1. The fraction of sp³-hybridized carbons (Fsp3) is 0.800. The van der Waals surface area contributed by atoms with Crippen molar-refractivity contribution < 1.29 is 8.42 Å². The molecular weight excluding hydrogens is 198 g/mol. The number of rotatable bonds is 3. The fourth-order valence-corrected chi connectivity index (χ4v) is 2.23. The Balaban J connectivity index is 2.53. The monoisotopic (exact) mass is 217 g/mol. The fourth-order valence-electron chi connectivity index (χ4n) is 1.38. The summed E-state index contributed by atoms with van der Waals surface area (Å²) in [7, 11) is -2.89. The smallest absolute Gasteiger partial charge is 0.156 e. The molecule has 1 heterocycles. The Morgan fingerprint density at radius 2 is 1.93 bits per heavy atom. The molecule has 0 bridgehead atoms. The van der Waals surface area contributed by atoms with Crippen LogP contribution < -0.4 is 5.32 Å². The van der Waals surface area contributed by atoms with Gasteiger partial charge in [0.25, 0.3) is 0 Å². The van der Waals surface area contributed by atoms with Gasteiger partial charge in [0.05, 0.1) is 11.0 Å². The maximum absolute atomic E-state index is 11.5. The van der Waals surface area contributed by atoms with Gasteiger partial charge in [-0.1, -0.05) is 11.6 Å². The van der Waals surface area contributed by atoms with E-state index in [1.54, 1.807) is 13.8 Å². The Labute approximate surface area is 86.5 Å². The molecule has 0 radical (unpaired) electrons. The van der Waals surface area contributed by atoms with Crippen molar-refractivity contribution in [1.29, 1.82) is 0 Å². The lowest BCUT2D eigenvalue weighted by molar-refractivity contribution is 0.588. The van der Waals surface area contributed by atoms with Gasteiger partial charge in [0, 0.05) is 0 Å². The first kappa shape index (κ1) is 11.7. The van der Waals surface area contributed by atoms with Crippen LogP contribution in [0.4, 0.5) is 0 Å². The van der Waals surface area contributed by atoms with Crippen LogP contribution in [0.5, 0.6) is 0 Å². The zero-order valence-corrected chi connectivity index (χ0v) is 9.73. The maximum Gasteiger partial charge on any atom is 0.156 e. The molecule has 0 aromatic heterocycles. The molecule has 1 saturated heterocycles. The Morgan fingerprint density at radius 1 is 1.36 bits per heavy atom. The van der Waals surface area contributed by atoms with Gasteiger partial charge < -0.3 is 5.32 Å². The Bertz CT molecular complexity index is 296. The zero-order chi connectivity index (χ0) is 10.6. The highest BCUT2D eigenvalue weighted by molar-refractivity contribution is 7.92. The van der Waals surface area contributed by atoms with E-state index < -0.39 is 9.84 Å². The molecule has 1 aliphatic rings. The van der Waals surface area contributed by atoms with E-state index in [0.29, 0.717) is 0 Å². The van der Waals surface area contributed by atoms with Crippen molar-refractivity contribution in [3.05, 3.63) is 11.6 Å². The molecule has 14 heavy (non-hydrogen) atoms. The highest BCUT2D eigenvalue weighted by Crippen LogP contribution is 2.11. The lowest BCUT2D eigenvalue weighted by Gasteiger charge is -2.15. The molecule has 1 rings (SSSR count). The van der Waals surface area contributed by atoms with Gasteiger partial charge in [-0.2, -0.15) is 0 Å². The third-order valence-corrected chi connectivity index (χ3v) is 4.64. The van der Waals surface area contributed by atoms with E-state index in [2.05, 4.69) is 5.32 Å². The van der Waals surface area contributed by atoms with Gasteiger partial charge in [0.2, 0.25) is 0 Å². The molecule has 0 aliphatic carbocycles. The first-order valence-corrected chi connectivity index (χ1v) is 6.84. The molecule has 0 aromatic carbocycles. The van der Waals surface area contributed by atoms with Crippen molar-refractivity contribution in [3.8, 4) is 0 Å². The van der Waals surface area contributed by atoms with Crippen LogP contribution in [0.25, 0.3) is 0 Å². The van der Waals surface area contributed by atoms with Crippen LogP contribution in [0.2, 0.25) is 0 Å². The summed E-state index contributed by atoms with van der Waals surface area (Å²) in [6.45, 7) is 5.42. The third kappa shape index (κ3) is 3.42. The molecule has 1 fully saturated rings. The molecule has 0 unspecified atom stereocenters. The molecule has 0 aromatic rings. The minimum absolute atomic E-state index is 0.208. The van der Waals surface area contributed by atoms with Gasteiger partial charge in [0.15, 0.2) is 9.84 Å². The van der Waals surface area contributed by atoms with E-state index in [1.807, 2.05) is 6.08 Å². The summed E-state index contributed by atoms with van der Waals surface area (Å²) in [6.07, 6.45) is 3.89. The number of hydrogen-bond acceptors (Lipinski definition) is 3. The molecule has 1 aliphatic heterocycles. The predicted octanol–water partition coefficient (Wildman–Crippen LogP) is 1.12. The van der Waals surface area contributed by atoms with E-state index >= 15 is 0 Å². The average molecular weight is 217 g/mol. The first-order valence-electron chi connectivity index (χ1n) is 5.12. The van der Waals surface area contributed by atoms with Gasteiger partial charge in [0.1, 0.15) is 0 Å². The van der Waals surface area contributed by atoms with Crippen LogP contribution in [-0.2, 0) is 9.84 Å². The normalized spacial score (nSPS) is 18.6. The number of piperidine rings is 1. The lowest BCUT2D eigenvalue weighted by atomic mass is 10.1. The van der Waals surface area contributed by atoms with Crippen molar-refractivity contribution in [2.75, 3.05) is 18.8 Å². The quantitative estimate of drug-likeness (QED) is 0.721. The molecule has 0 amide bonds. The number of nitrogens with one attached hydrogen (secondary N) is 1. The zero-order valence-electron chi connectivity index (χ0n) is 8.91. The first-order chi connectivity index (χ1) is 6.52. The predicted molar refractivity (Wildman–Crippen MR) is 59.1 cm³/mol. The Morgan fingerprint density at radius 3 is 2.43 bits per heavy atom. The largest absolute Gasteiger partial charge is 0.316 e. The molecule has 82 valence electrons. The maximum atomic E-state index is 11.5. The minimum Gasteiger partial charge on any atom is -0.316 e. The molecule has 3 nitrogen and oxygen atoms in total. The van der Waals surface area contributed by atoms with E-state index in [4.69, 9.17) is 0 Å². The second-order valence-electron chi connectivity index (χ2n) is 3.99. The third-order valence-electron chi connectivity index (χ3n) is 2.57. The molecule has 0 spiro atoms. The van der Waals surface area contributed by atoms with Crippen molar-refractivity contribution in [2.45, 2.75) is 31.9 Å². The molecule has 0 atom stereocenters. The van der Waals surface area contributed by atoms with E-state index in [-0.39, 0.29) is 11.0 Å². The van der Waals surface area contributed by atoms with Crippen LogP contribution in [0.3, 0.4) is 0 Å². The molecular formula is C10H19NO2S. The second kappa shape index (κ2) is 4.94. The van der Waals surface area contributed by atoms with Gasteiger partial charge in [-0.15, -0.1) is 0 Å². The van der Waals surface area contributed by atoms with Crippen LogP contribution in [-0.4, -0.2) is 32.5 Å². The van der Waals surface area contributed by atoms with Crippen LogP contribution >= 0.6 is 0 Å². The summed E-state index contributed by atoms with van der Waals surface area (Å²) in [5, 5.41) is 2.98. The number of hydrogen-bond donors (Lipinski definition) is 1. The topological polar surface area (TPSA) is 46.2 Å². The van der Waals surface area contributed by atoms with E-state index in [9.17, 15) is 8.42 Å². The van der Waals surface area contributed by atoms with E-state index in [0.717, 1.165) is 25.9 Å². The summed E-state index contributed by atoms with van der Waals surface area (Å²) < 4.78 is 23.0. The Kier molecular flexibility index (Phi) is 4.13. The van der Waals surface area contributed by atoms with Crippen molar-refractivity contribution in [3.63, 3.8) is 0 Å².